The number of carbonyl (C=O) groups excluding carboxylic acids is 2. The van der Waals surface area contributed by atoms with E-state index in [1.165, 1.54) is 24.3 Å². The van der Waals surface area contributed by atoms with Gasteiger partial charge in [-0.3, -0.25) is 9.59 Å². The van der Waals surface area contributed by atoms with Crippen LogP contribution in [0, 0.1) is 11.6 Å². The first-order chi connectivity index (χ1) is 13.1. The number of rotatable bonds is 6. The standard InChI is InChI=1S/C19H20F2N2O4S/c1-4-23(5-2)19(25)12-6-8-13(9-7-12)22-18(24)16-14(20)10-11-15(17(16)21)28(3,26)27/h6-11H,4-5H2,1-3H3,(H,22,24). The SMILES string of the molecule is CCN(CC)C(=O)c1ccc(NC(=O)c2c(F)ccc(S(C)(=O)=O)c2F)cc1. The zero-order chi connectivity index (χ0) is 21.1. The Morgan fingerprint density at radius 1 is 1.00 bits per heavy atom. The number of nitrogens with zero attached hydrogens (tertiary/aromatic N) is 1. The molecule has 0 aliphatic heterocycles. The van der Waals surface area contributed by atoms with E-state index >= 15 is 0 Å². The molecule has 0 atom stereocenters. The summed E-state index contributed by atoms with van der Waals surface area (Å²) in [5.41, 5.74) is -0.394. The Labute approximate surface area is 162 Å². The zero-order valence-corrected chi connectivity index (χ0v) is 16.4. The number of benzene rings is 2. The van der Waals surface area contributed by atoms with E-state index in [1.807, 2.05) is 13.8 Å². The van der Waals surface area contributed by atoms with Crippen LogP contribution in [0.5, 0.6) is 0 Å². The summed E-state index contributed by atoms with van der Waals surface area (Å²) in [6, 6.07) is 7.30. The summed E-state index contributed by atoms with van der Waals surface area (Å²) in [7, 11) is -3.97. The van der Waals surface area contributed by atoms with Gasteiger partial charge in [0.05, 0.1) is 0 Å². The molecule has 0 radical (unpaired) electrons. The van der Waals surface area contributed by atoms with Crippen molar-refractivity contribution in [2.24, 2.45) is 0 Å². The third kappa shape index (κ3) is 4.53. The first kappa shape index (κ1) is 21.5. The van der Waals surface area contributed by atoms with Crippen molar-refractivity contribution in [3.05, 3.63) is 59.2 Å². The summed E-state index contributed by atoms with van der Waals surface area (Å²) in [5.74, 6) is -3.95. The van der Waals surface area contributed by atoms with E-state index in [2.05, 4.69) is 5.32 Å². The second kappa shape index (κ2) is 8.47. The van der Waals surface area contributed by atoms with Gasteiger partial charge in [0.1, 0.15) is 16.3 Å². The minimum atomic E-state index is -3.97. The van der Waals surface area contributed by atoms with Gasteiger partial charge in [-0.25, -0.2) is 17.2 Å². The van der Waals surface area contributed by atoms with Crippen molar-refractivity contribution >= 4 is 27.3 Å². The van der Waals surface area contributed by atoms with Crippen molar-refractivity contribution in [2.75, 3.05) is 24.7 Å². The van der Waals surface area contributed by atoms with Crippen LogP contribution in [0.4, 0.5) is 14.5 Å². The van der Waals surface area contributed by atoms with Gasteiger partial charge in [-0.15, -0.1) is 0 Å². The smallest absolute Gasteiger partial charge is 0.261 e. The molecule has 0 aliphatic rings. The molecule has 0 aliphatic carbocycles. The molecule has 9 heteroatoms. The fourth-order valence-corrected chi connectivity index (χ4v) is 3.35. The van der Waals surface area contributed by atoms with Crippen LogP contribution in [0.15, 0.2) is 41.3 Å². The van der Waals surface area contributed by atoms with Gasteiger partial charge in [-0.2, -0.15) is 0 Å². The predicted octanol–water partition coefficient (Wildman–Crippen LogP) is 3.10. The van der Waals surface area contributed by atoms with Crippen molar-refractivity contribution in [3.63, 3.8) is 0 Å². The molecule has 2 rings (SSSR count). The van der Waals surface area contributed by atoms with E-state index in [9.17, 15) is 26.8 Å². The fraction of sp³-hybridized carbons (Fsp3) is 0.263. The molecule has 0 saturated carbocycles. The Morgan fingerprint density at radius 2 is 1.57 bits per heavy atom. The number of anilines is 1. The molecule has 0 aromatic heterocycles. The largest absolute Gasteiger partial charge is 0.339 e. The summed E-state index contributed by atoms with van der Waals surface area (Å²) in [6.45, 7) is 4.79. The number of halogens is 2. The molecule has 6 nitrogen and oxygen atoms in total. The van der Waals surface area contributed by atoms with Crippen LogP contribution in [0.1, 0.15) is 34.6 Å². The van der Waals surface area contributed by atoms with Crippen LogP contribution in [0.25, 0.3) is 0 Å². The molecule has 0 fully saturated rings. The molecular formula is C19H20F2N2O4S. The van der Waals surface area contributed by atoms with Crippen LogP contribution >= 0.6 is 0 Å². The Balaban J connectivity index is 2.28. The van der Waals surface area contributed by atoms with Crippen molar-refractivity contribution in [1.82, 2.24) is 4.90 Å². The molecule has 0 heterocycles. The van der Waals surface area contributed by atoms with Gasteiger partial charge < -0.3 is 10.2 Å². The van der Waals surface area contributed by atoms with Gasteiger partial charge >= 0.3 is 0 Å². The Hall–Kier alpha value is -2.81. The summed E-state index contributed by atoms with van der Waals surface area (Å²) >= 11 is 0. The molecule has 28 heavy (non-hydrogen) atoms. The summed E-state index contributed by atoms with van der Waals surface area (Å²) < 4.78 is 51.5. The van der Waals surface area contributed by atoms with Crippen molar-refractivity contribution in [2.45, 2.75) is 18.7 Å². The van der Waals surface area contributed by atoms with Crippen LogP contribution in [0.2, 0.25) is 0 Å². The van der Waals surface area contributed by atoms with E-state index < -0.39 is 37.8 Å². The van der Waals surface area contributed by atoms with E-state index in [1.54, 1.807) is 4.90 Å². The second-order valence-corrected chi connectivity index (χ2v) is 8.00. The van der Waals surface area contributed by atoms with E-state index in [0.29, 0.717) is 18.7 Å². The number of sulfone groups is 1. The topological polar surface area (TPSA) is 83.6 Å². The van der Waals surface area contributed by atoms with Gasteiger partial charge in [0.2, 0.25) is 0 Å². The summed E-state index contributed by atoms with van der Waals surface area (Å²) in [6.07, 6.45) is 0.761. The van der Waals surface area contributed by atoms with Gasteiger partial charge in [0.15, 0.2) is 15.7 Å². The Kier molecular flexibility index (Phi) is 6.50. The summed E-state index contributed by atoms with van der Waals surface area (Å²) in [4.78, 5) is 25.4. The summed E-state index contributed by atoms with van der Waals surface area (Å²) in [5, 5.41) is 2.30. The molecular weight excluding hydrogens is 390 g/mol. The minimum absolute atomic E-state index is 0.180. The Bertz CT molecular complexity index is 1000. The lowest BCUT2D eigenvalue weighted by Gasteiger charge is -2.18. The maximum atomic E-state index is 14.4. The lowest BCUT2D eigenvalue weighted by Crippen LogP contribution is -2.30. The van der Waals surface area contributed by atoms with E-state index in [0.717, 1.165) is 18.4 Å². The number of nitrogens with one attached hydrogen (secondary N) is 1. The maximum absolute atomic E-state index is 14.4. The number of hydrogen-bond acceptors (Lipinski definition) is 4. The normalized spacial score (nSPS) is 11.2. The predicted molar refractivity (Wildman–Crippen MR) is 101 cm³/mol. The van der Waals surface area contributed by atoms with Gasteiger partial charge in [-0.05, 0) is 50.2 Å². The van der Waals surface area contributed by atoms with Crippen molar-refractivity contribution < 1.29 is 26.8 Å². The molecule has 0 spiro atoms. The zero-order valence-electron chi connectivity index (χ0n) is 15.6. The van der Waals surface area contributed by atoms with Gasteiger partial charge in [0, 0.05) is 30.6 Å². The Morgan fingerprint density at radius 3 is 2.07 bits per heavy atom. The van der Waals surface area contributed by atoms with Crippen LogP contribution in [0.3, 0.4) is 0 Å². The molecule has 150 valence electrons. The van der Waals surface area contributed by atoms with Crippen molar-refractivity contribution in [1.29, 1.82) is 0 Å². The van der Waals surface area contributed by atoms with E-state index in [-0.39, 0.29) is 11.6 Å². The molecule has 2 aromatic carbocycles. The lowest BCUT2D eigenvalue weighted by atomic mass is 10.1. The highest BCUT2D eigenvalue weighted by Gasteiger charge is 2.25. The highest BCUT2D eigenvalue weighted by molar-refractivity contribution is 7.90. The van der Waals surface area contributed by atoms with Crippen LogP contribution < -0.4 is 5.32 Å². The molecule has 2 aromatic rings. The molecule has 0 unspecified atom stereocenters. The third-order valence-corrected chi connectivity index (χ3v) is 5.24. The molecule has 2 amide bonds. The highest BCUT2D eigenvalue weighted by Crippen LogP contribution is 2.22. The first-order valence-electron chi connectivity index (χ1n) is 8.48. The third-order valence-electron chi connectivity index (χ3n) is 4.12. The highest BCUT2D eigenvalue weighted by atomic mass is 32.2. The quantitative estimate of drug-likeness (QED) is 0.742. The van der Waals surface area contributed by atoms with Crippen LogP contribution in [-0.4, -0.2) is 44.5 Å². The number of hydrogen-bond donors (Lipinski definition) is 1. The molecule has 0 saturated heterocycles. The van der Waals surface area contributed by atoms with Crippen LogP contribution in [-0.2, 0) is 9.84 Å². The fourth-order valence-electron chi connectivity index (χ4n) is 2.61. The monoisotopic (exact) mass is 410 g/mol. The first-order valence-corrected chi connectivity index (χ1v) is 10.4. The molecule has 0 bridgehead atoms. The lowest BCUT2D eigenvalue weighted by molar-refractivity contribution is 0.0773. The molecule has 1 N–H and O–H groups in total. The number of carbonyl (C=O) groups is 2. The number of amides is 2. The maximum Gasteiger partial charge on any atom is 0.261 e. The second-order valence-electron chi connectivity index (χ2n) is 6.02. The van der Waals surface area contributed by atoms with Crippen molar-refractivity contribution in [3.8, 4) is 0 Å². The van der Waals surface area contributed by atoms with Gasteiger partial charge in [-0.1, -0.05) is 0 Å². The average molecular weight is 410 g/mol. The minimum Gasteiger partial charge on any atom is -0.339 e. The average Bonchev–Trinajstić information content (AvgIpc) is 2.62. The van der Waals surface area contributed by atoms with E-state index in [4.69, 9.17) is 0 Å². The van der Waals surface area contributed by atoms with Gasteiger partial charge in [0.25, 0.3) is 11.8 Å².